The molecule has 0 bridgehead atoms. The van der Waals surface area contributed by atoms with E-state index in [0.29, 0.717) is 12.0 Å². The molecule has 1 aromatic rings. The summed E-state index contributed by atoms with van der Waals surface area (Å²) in [5.41, 5.74) is -0.746. The van der Waals surface area contributed by atoms with Crippen LogP contribution in [0.1, 0.15) is 5.69 Å². The Balaban J connectivity index is 2.38. The van der Waals surface area contributed by atoms with Gasteiger partial charge in [0.25, 0.3) is 5.72 Å². The summed E-state index contributed by atoms with van der Waals surface area (Å²) in [6, 6.07) is 0. The van der Waals surface area contributed by atoms with Crippen molar-refractivity contribution in [3.8, 4) is 0 Å². The first kappa shape index (κ1) is 7.72. The fourth-order valence-corrected chi connectivity index (χ4v) is 1.08. The predicted molar refractivity (Wildman–Crippen MR) is 43.1 cm³/mol. The second-order valence-corrected chi connectivity index (χ2v) is 2.51. The van der Waals surface area contributed by atoms with Gasteiger partial charge in [-0.3, -0.25) is 14.8 Å². The van der Waals surface area contributed by atoms with Gasteiger partial charge in [0.15, 0.2) is 6.29 Å². The van der Waals surface area contributed by atoms with Crippen LogP contribution in [0.25, 0.3) is 0 Å². The number of hydrogen-bond acceptors (Lipinski definition) is 5. The average Bonchev–Trinajstić information content (AvgIpc) is 2.69. The molecule has 2 heterocycles. The van der Waals surface area contributed by atoms with Gasteiger partial charge < -0.3 is 10.1 Å². The van der Waals surface area contributed by atoms with E-state index in [9.17, 15) is 4.79 Å². The number of nitrogens with zero attached hydrogens (tertiary/aromatic N) is 2. The number of hydrogen-bond donors (Lipinski definition) is 1. The molecular weight excluding hydrogens is 170 g/mol. The second-order valence-electron chi connectivity index (χ2n) is 2.51. The molecular formula is C8H7N3O2. The third-order valence-corrected chi connectivity index (χ3v) is 1.73. The average molecular weight is 177 g/mol. The maximum atomic E-state index is 10.8. The van der Waals surface area contributed by atoms with Crippen molar-refractivity contribution in [1.82, 2.24) is 15.3 Å². The van der Waals surface area contributed by atoms with Gasteiger partial charge in [-0.25, -0.2) is 0 Å². The summed E-state index contributed by atoms with van der Waals surface area (Å²) >= 11 is 0. The van der Waals surface area contributed by atoms with E-state index in [0.717, 1.165) is 0 Å². The number of carbonyl (C=O) groups excluding carboxylic acids is 1. The van der Waals surface area contributed by atoms with E-state index < -0.39 is 5.72 Å². The number of aldehydes is 1. The maximum Gasteiger partial charge on any atom is 0.280 e. The van der Waals surface area contributed by atoms with E-state index in [-0.39, 0.29) is 0 Å². The molecule has 0 radical (unpaired) electrons. The SMILES string of the molecule is O=CC1(c2cnccn2)NC=CO1. The summed E-state index contributed by atoms with van der Waals surface area (Å²) in [7, 11) is 0. The van der Waals surface area contributed by atoms with Gasteiger partial charge in [-0.15, -0.1) is 0 Å². The molecule has 0 fully saturated rings. The van der Waals surface area contributed by atoms with Gasteiger partial charge in [-0.05, 0) is 0 Å². The van der Waals surface area contributed by atoms with Crippen LogP contribution >= 0.6 is 0 Å². The Hall–Kier alpha value is -1.91. The van der Waals surface area contributed by atoms with Gasteiger partial charge in [0, 0.05) is 18.6 Å². The van der Waals surface area contributed by atoms with Crippen molar-refractivity contribution in [3.05, 3.63) is 36.7 Å². The summed E-state index contributed by atoms with van der Waals surface area (Å²) in [5, 5.41) is 2.76. The molecule has 0 aromatic carbocycles. The monoisotopic (exact) mass is 177 g/mol. The minimum Gasteiger partial charge on any atom is -0.461 e. The Morgan fingerprint density at radius 3 is 3.00 bits per heavy atom. The highest BCUT2D eigenvalue weighted by Gasteiger charge is 2.36. The van der Waals surface area contributed by atoms with E-state index in [1.807, 2.05) is 0 Å². The predicted octanol–water partition coefficient (Wildman–Crippen LogP) is -0.0807. The quantitative estimate of drug-likeness (QED) is 0.640. The van der Waals surface area contributed by atoms with Crippen molar-refractivity contribution in [1.29, 1.82) is 0 Å². The molecule has 1 aliphatic rings. The summed E-state index contributed by atoms with van der Waals surface area (Å²) < 4.78 is 5.11. The lowest BCUT2D eigenvalue weighted by molar-refractivity contribution is -0.126. The smallest absolute Gasteiger partial charge is 0.280 e. The normalized spacial score (nSPS) is 24.9. The molecule has 0 saturated carbocycles. The number of nitrogens with one attached hydrogen (secondary N) is 1. The molecule has 0 saturated heterocycles. The lowest BCUT2D eigenvalue weighted by atomic mass is 10.2. The van der Waals surface area contributed by atoms with Gasteiger partial charge in [-0.2, -0.15) is 0 Å². The van der Waals surface area contributed by atoms with Crippen molar-refractivity contribution >= 4 is 6.29 Å². The van der Waals surface area contributed by atoms with Gasteiger partial charge in [0.2, 0.25) is 0 Å². The van der Waals surface area contributed by atoms with Crippen LogP contribution in [0.15, 0.2) is 31.1 Å². The second kappa shape index (κ2) is 2.85. The van der Waals surface area contributed by atoms with Crippen LogP contribution in [-0.4, -0.2) is 16.3 Å². The van der Waals surface area contributed by atoms with Crippen LogP contribution in [0.4, 0.5) is 0 Å². The topological polar surface area (TPSA) is 64.1 Å². The molecule has 2 rings (SSSR count). The molecule has 1 N–H and O–H groups in total. The first-order valence-corrected chi connectivity index (χ1v) is 3.71. The maximum absolute atomic E-state index is 10.8. The van der Waals surface area contributed by atoms with Crippen LogP contribution < -0.4 is 5.32 Å². The minimum atomic E-state index is -1.19. The highest BCUT2D eigenvalue weighted by Crippen LogP contribution is 2.21. The fraction of sp³-hybridized carbons (Fsp3) is 0.125. The minimum absolute atomic E-state index is 0.440. The van der Waals surface area contributed by atoms with Crippen LogP contribution in [-0.2, 0) is 15.3 Å². The molecule has 1 aromatic heterocycles. The Labute approximate surface area is 74.5 Å². The number of aromatic nitrogens is 2. The molecule has 5 heteroatoms. The summed E-state index contributed by atoms with van der Waals surface area (Å²) in [6.07, 6.45) is 8.12. The largest absolute Gasteiger partial charge is 0.461 e. The first-order valence-electron chi connectivity index (χ1n) is 3.71. The summed E-state index contributed by atoms with van der Waals surface area (Å²) in [5.74, 6) is 0. The highest BCUT2D eigenvalue weighted by molar-refractivity contribution is 5.65. The molecule has 0 spiro atoms. The highest BCUT2D eigenvalue weighted by atomic mass is 16.5. The molecule has 66 valence electrons. The van der Waals surface area contributed by atoms with Gasteiger partial charge in [0.05, 0.1) is 6.20 Å². The third-order valence-electron chi connectivity index (χ3n) is 1.73. The zero-order valence-corrected chi connectivity index (χ0v) is 6.68. The van der Waals surface area contributed by atoms with E-state index in [2.05, 4.69) is 15.3 Å². The Morgan fingerprint density at radius 1 is 1.54 bits per heavy atom. The van der Waals surface area contributed by atoms with E-state index in [1.54, 1.807) is 6.20 Å². The molecule has 1 atom stereocenters. The Morgan fingerprint density at radius 2 is 2.46 bits per heavy atom. The van der Waals surface area contributed by atoms with Crippen LogP contribution in [0.3, 0.4) is 0 Å². The van der Waals surface area contributed by atoms with Crippen molar-refractivity contribution in [3.63, 3.8) is 0 Å². The van der Waals surface area contributed by atoms with Crippen LogP contribution in [0, 0.1) is 0 Å². The summed E-state index contributed by atoms with van der Waals surface area (Å²) in [4.78, 5) is 18.7. The van der Waals surface area contributed by atoms with Crippen molar-refractivity contribution in [2.75, 3.05) is 0 Å². The molecule has 1 aliphatic heterocycles. The first-order chi connectivity index (χ1) is 6.37. The van der Waals surface area contributed by atoms with Gasteiger partial charge in [0.1, 0.15) is 12.0 Å². The standard InChI is InChI=1S/C8H7N3O2/c12-6-8(11-3-4-13-8)7-5-9-1-2-10-7/h1-6,11H. The molecule has 1 unspecified atom stereocenters. The molecule has 0 amide bonds. The van der Waals surface area contributed by atoms with E-state index >= 15 is 0 Å². The lowest BCUT2D eigenvalue weighted by Crippen LogP contribution is -2.39. The van der Waals surface area contributed by atoms with Crippen molar-refractivity contribution < 1.29 is 9.53 Å². The van der Waals surface area contributed by atoms with Crippen molar-refractivity contribution in [2.45, 2.75) is 5.72 Å². The molecule has 5 nitrogen and oxygen atoms in total. The Bertz CT molecular complexity index is 329. The zero-order chi connectivity index (χ0) is 9.15. The third kappa shape index (κ3) is 1.14. The van der Waals surface area contributed by atoms with E-state index in [4.69, 9.17) is 4.74 Å². The lowest BCUT2D eigenvalue weighted by Gasteiger charge is -2.20. The van der Waals surface area contributed by atoms with Crippen LogP contribution in [0.5, 0.6) is 0 Å². The number of rotatable bonds is 2. The number of carbonyl (C=O) groups is 1. The molecule has 0 aliphatic carbocycles. The Kier molecular flexibility index (Phi) is 1.70. The zero-order valence-electron chi connectivity index (χ0n) is 6.68. The van der Waals surface area contributed by atoms with E-state index in [1.165, 1.54) is 24.9 Å². The van der Waals surface area contributed by atoms with Crippen molar-refractivity contribution in [2.24, 2.45) is 0 Å². The van der Waals surface area contributed by atoms with Gasteiger partial charge in [-0.1, -0.05) is 0 Å². The van der Waals surface area contributed by atoms with Crippen LogP contribution in [0.2, 0.25) is 0 Å². The number of ether oxygens (including phenoxy) is 1. The summed E-state index contributed by atoms with van der Waals surface area (Å²) in [6.45, 7) is 0. The molecule has 13 heavy (non-hydrogen) atoms. The van der Waals surface area contributed by atoms with Gasteiger partial charge >= 0.3 is 0 Å². The fourth-order valence-electron chi connectivity index (χ4n) is 1.08.